The molecule has 0 heterocycles. The molecule has 4 heteroatoms. The highest BCUT2D eigenvalue weighted by Gasteiger charge is 2.21. The molecule has 0 saturated carbocycles. The second kappa shape index (κ2) is 4.53. The molecule has 82 valence electrons. The van der Waals surface area contributed by atoms with Gasteiger partial charge in [0, 0.05) is 18.7 Å². The largest absolute Gasteiger partial charge is 0.399 e. The maximum absolute atomic E-state index is 10.9. The van der Waals surface area contributed by atoms with Gasteiger partial charge >= 0.3 is 0 Å². The third-order valence-corrected chi connectivity index (χ3v) is 2.57. The van der Waals surface area contributed by atoms with E-state index in [0.717, 1.165) is 18.5 Å². The lowest BCUT2D eigenvalue weighted by Gasteiger charge is -2.08. The number of carbonyl (C=O) groups is 1. The summed E-state index contributed by atoms with van der Waals surface area (Å²) in [5.41, 5.74) is 9.06. The molecule has 1 aliphatic carbocycles. The fraction of sp³-hybridized carbons (Fsp3) is 0.364. The van der Waals surface area contributed by atoms with Gasteiger partial charge in [0.2, 0.25) is 5.91 Å². The highest BCUT2D eigenvalue weighted by atomic mass is 35.5. The molecule has 0 spiro atoms. The molecule has 0 aliphatic heterocycles. The Balaban J connectivity index is 0.00000112. The van der Waals surface area contributed by atoms with Crippen LogP contribution in [-0.4, -0.2) is 11.9 Å². The summed E-state index contributed by atoms with van der Waals surface area (Å²) in [6, 6.07) is 6.21. The van der Waals surface area contributed by atoms with Crippen molar-refractivity contribution < 1.29 is 4.79 Å². The van der Waals surface area contributed by atoms with Crippen LogP contribution in [0.25, 0.3) is 0 Å². The lowest BCUT2D eigenvalue weighted by atomic mass is 10.1. The predicted octanol–water partition coefficient (Wildman–Crippen LogP) is 1.29. The van der Waals surface area contributed by atoms with Crippen LogP contribution in [0.3, 0.4) is 0 Å². The maximum Gasteiger partial charge on any atom is 0.217 e. The van der Waals surface area contributed by atoms with Crippen LogP contribution in [0, 0.1) is 0 Å². The molecule has 1 unspecified atom stereocenters. The van der Waals surface area contributed by atoms with Crippen molar-refractivity contribution in [3.63, 3.8) is 0 Å². The summed E-state index contributed by atoms with van der Waals surface area (Å²) in [5, 5.41) is 2.93. The number of nitrogen functional groups attached to an aromatic ring is 1. The van der Waals surface area contributed by atoms with E-state index in [1.54, 1.807) is 6.92 Å². The Hall–Kier alpha value is -1.22. The summed E-state index contributed by atoms with van der Waals surface area (Å²) in [7, 11) is 0. The summed E-state index contributed by atoms with van der Waals surface area (Å²) in [4.78, 5) is 10.9. The van der Waals surface area contributed by atoms with Crippen LogP contribution in [-0.2, 0) is 17.6 Å². The zero-order valence-corrected chi connectivity index (χ0v) is 9.43. The number of nitrogens with two attached hydrogens (primary N) is 1. The number of hydrogen-bond donors (Lipinski definition) is 2. The van der Waals surface area contributed by atoms with Crippen LogP contribution < -0.4 is 11.1 Å². The van der Waals surface area contributed by atoms with Gasteiger partial charge in [-0.25, -0.2) is 0 Å². The Labute approximate surface area is 95.5 Å². The average Bonchev–Trinajstić information content (AvgIpc) is 2.44. The van der Waals surface area contributed by atoms with Gasteiger partial charge in [-0.1, -0.05) is 6.07 Å². The average molecular weight is 227 g/mol. The summed E-state index contributed by atoms with van der Waals surface area (Å²) in [6.07, 6.45) is 1.83. The van der Waals surface area contributed by atoms with Gasteiger partial charge in [0.25, 0.3) is 0 Å². The van der Waals surface area contributed by atoms with Crippen LogP contribution in [0.4, 0.5) is 5.69 Å². The van der Waals surface area contributed by atoms with Crippen LogP contribution in [0.2, 0.25) is 0 Å². The molecule has 0 bridgehead atoms. The number of anilines is 1. The molecule has 3 N–H and O–H groups in total. The molecular weight excluding hydrogens is 212 g/mol. The van der Waals surface area contributed by atoms with Crippen LogP contribution in [0.1, 0.15) is 18.1 Å². The van der Waals surface area contributed by atoms with E-state index in [1.165, 1.54) is 11.1 Å². The van der Waals surface area contributed by atoms with Crippen molar-refractivity contribution in [2.24, 2.45) is 0 Å². The first-order valence-electron chi connectivity index (χ1n) is 4.79. The van der Waals surface area contributed by atoms with Gasteiger partial charge in [-0.15, -0.1) is 12.4 Å². The smallest absolute Gasteiger partial charge is 0.217 e. The van der Waals surface area contributed by atoms with E-state index in [4.69, 9.17) is 5.73 Å². The third-order valence-electron chi connectivity index (χ3n) is 2.57. The van der Waals surface area contributed by atoms with Crippen molar-refractivity contribution in [1.29, 1.82) is 0 Å². The summed E-state index contributed by atoms with van der Waals surface area (Å²) >= 11 is 0. The van der Waals surface area contributed by atoms with Gasteiger partial charge in [0.1, 0.15) is 0 Å². The Morgan fingerprint density at radius 2 is 2.07 bits per heavy atom. The Bertz CT molecular complexity index is 379. The van der Waals surface area contributed by atoms with E-state index in [-0.39, 0.29) is 24.4 Å². The normalized spacial score (nSPS) is 17.8. The highest BCUT2D eigenvalue weighted by molar-refractivity contribution is 5.85. The molecule has 1 aromatic carbocycles. The van der Waals surface area contributed by atoms with E-state index in [9.17, 15) is 4.79 Å². The molecule has 1 aromatic rings. The molecular formula is C11H15ClN2O. The van der Waals surface area contributed by atoms with Gasteiger partial charge in [0.15, 0.2) is 0 Å². The molecule has 1 amide bonds. The molecule has 0 aromatic heterocycles. The SMILES string of the molecule is CC(=O)NC1Cc2ccc(N)cc2C1.Cl. The van der Waals surface area contributed by atoms with Crippen LogP contribution in [0.15, 0.2) is 18.2 Å². The van der Waals surface area contributed by atoms with Crippen LogP contribution in [0.5, 0.6) is 0 Å². The summed E-state index contributed by atoms with van der Waals surface area (Å²) in [6.45, 7) is 1.55. The van der Waals surface area contributed by atoms with Crippen molar-refractivity contribution in [3.05, 3.63) is 29.3 Å². The number of carbonyl (C=O) groups excluding carboxylic acids is 1. The topological polar surface area (TPSA) is 55.1 Å². The fourth-order valence-electron chi connectivity index (χ4n) is 2.03. The quantitative estimate of drug-likeness (QED) is 0.710. The van der Waals surface area contributed by atoms with E-state index >= 15 is 0 Å². The molecule has 3 nitrogen and oxygen atoms in total. The summed E-state index contributed by atoms with van der Waals surface area (Å²) < 4.78 is 0. The number of benzene rings is 1. The van der Waals surface area contributed by atoms with E-state index in [0.29, 0.717) is 0 Å². The standard InChI is InChI=1S/C11H14N2O.ClH/c1-7(14)13-11-5-8-2-3-10(12)4-9(8)6-11;/h2-4,11H,5-6,12H2,1H3,(H,13,14);1H. The number of hydrogen-bond acceptors (Lipinski definition) is 2. The molecule has 2 rings (SSSR count). The lowest BCUT2D eigenvalue weighted by molar-refractivity contribution is -0.119. The second-order valence-electron chi connectivity index (χ2n) is 3.83. The van der Waals surface area contributed by atoms with Gasteiger partial charge in [-0.3, -0.25) is 4.79 Å². The van der Waals surface area contributed by atoms with E-state index in [1.807, 2.05) is 18.2 Å². The van der Waals surface area contributed by atoms with Crippen molar-refractivity contribution in [2.45, 2.75) is 25.8 Å². The molecule has 1 aliphatic rings. The maximum atomic E-state index is 10.9. The molecule has 0 saturated heterocycles. The van der Waals surface area contributed by atoms with E-state index in [2.05, 4.69) is 5.32 Å². The van der Waals surface area contributed by atoms with Gasteiger partial charge in [-0.05, 0) is 36.1 Å². The Morgan fingerprint density at radius 3 is 2.73 bits per heavy atom. The zero-order chi connectivity index (χ0) is 10.1. The van der Waals surface area contributed by atoms with Gasteiger partial charge in [-0.2, -0.15) is 0 Å². The highest BCUT2D eigenvalue weighted by Crippen LogP contribution is 2.24. The molecule has 1 atom stereocenters. The number of halogens is 1. The fourth-order valence-corrected chi connectivity index (χ4v) is 2.03. The van der Waals surface area contributed by atoms with E-state index < -0.39 is 0 Å². The van der Waals surface area contributed by atoms with Crippen LogP contribution >= 0.6 is 12.4 Å². The summed E-state index contributed by atoms with van der Waals surface area (Å²) in [5.74, 6) is 0.0378. The number of fused-ring (bicyclic) bond motifs is 1. The number of rotatable bonds is 1. The molecule has 0 radical (unpaired) electrons. The predicted molar refractivity (Wildman–Crippen MR) is 63.1 cm³/mol. The monoisotopic (exact) mass is 226 g/mol. The van der Waals surface area contributed by atoms with Crippen molar-refractivity contribution in [1.82, 2.24) is 5.32 Å². The zero-order valence-electron chi connectivity index (χ0n) is 8.62. The lowest BCUT2D eigenvalue weighted by Crippen LogP contribution is -2.33. The van der Waals surface area contributed by atoms with Crippen molar-refractivity contribution in [3.8, 4) is 0 Å². The number of nitrogens with one attached hydrogen (secondary N) is 1. The Kier molecular flexibility index (Phi) is 3.58. The molecule has 0 fully saturated rings. The molecule has 15 heavy (non-hydrogen) atoms. The Morgan fingerprint density at radius 1 is 1.40 bits per heavy atom. The minimum atomic E-state index is 0. The first-order chi connectivity index (χ1) is 6.65. The van der Waals surface area contributed by atoms with Crippen molar-refractivity contribution >= 4 is 24.0 Å². The first-order valence-corrected chi connectivity index (χ1v) is 4.79. The second-order valence-corrected chi connectivity index (χ2v) is 3.83. The van der Waals surface area contributed by atoms with Gasteiger partial charge in [0.05, 0.1) is 0 Å². The minimum Gasteiger partial charge on any atom is -0.399 e. The van der Waals surface area contributed by atoms with Gasteiger partial charge < -0.3 is 11.1 Å². The third kappa shape index (κ3) is 2.63. The number of amides is 1. The first kappa shape index (κ1) is 11.9. The van der Waals surface area contributed by atoms with Crippen molar-refractivity contribution in [2.75, 3.05) is 5.73 Å². The minimum absolute atomic E-state index is 0.